The average Bonchev–Trinajstić information content (AvgIpc) is 3.45. The van der Waals surface area contributed by atoms with Crippen molar-refractivity contribution in [2.24, 2.45) is 5.92 Å². The van der Waals surface area contributed by atoms with Crippen LogP contribution in [0.4, 0.5) is 10.5 Å². The van der Waals surface area contributed by atoms with E-state index in [2.05, 4.69) is 20.5 Å². The first-order chi connectivity index (χ1) is 17.7. The summed E-state index contributed by atoms with van der Waals surface area (Å²) in [7, 11) is 1.49. The Kier molecular flexibility index (Phi) is 6.14. The Labute approximate surface area is 213 Å². The van der Waals surface area contributed by atoms with Gasteiger partial charge in [-0.2, -0.15) is 5.10 Å². The molecule has 5 rings (SSSR count). The zero-order valence-electron chi connectivity index (χ0n) is 21.0. The number of urea groups is 1. The molecule has 192 valence electrons. The fourth-order valence-electron chi connectivity index (χ4n) is 5.23. The van der Waals surface area contributed by atoms with E-state index in [9.17, 15) is 19.2 Å². The van der Waals surface area contributed by atoms with Crippen molar-refractivity contribution in [2.45, 2.75) is 38.3 Å². The number of aromatic amines is 1. The van der Waals surface area contributed by atoms with Gasteiger partial charge in [-0.1, -0.05) is 13.8 Å². The van der Waals surface area contributed by atoms with Gasteiger partial charge in [0.2, 0.25) is 5.91 Å². The molecule has 0 saturated carbocycles. The SMILES string of the molecule is CC(C)C(NC(=O)c1ccncc1)C(=O)N1CCC2(CC1)C(=O)N(C)C(=O)N2c1ccc2[nH]ncc2c1. The summed E-state index contributed by atoms with van der Waals surface area (Å²) in [6, 6.07) is 7.54. The van der Waals surface area contributed by atoms with Crippen LogP contribution >= 0.6 is 0 Å². The number of piperidine rings is 1. The third-order valence-electron chi connectivity index (χ3n) is 7.36. The number of hydrogen-bond donors (Lipinski definition) is 2. The molecule has 2 aliphatic heterocycles. The number of fused-ring (bicyclic) bond motifs is 1. The quantitative estimate of drug-likeness (QED) is 0.513. The molecule has 1 spiro atoms. The van der Waals surface area contributed by atoms with E-state index in [1.165, 1.54) is 19.4 Å². The maximum atomic E-state index is 13.5. The summed E-state index contributed by atoms with van der Waals surface area (Å²) in [5.41, 5.74) is 0.793. The van der Waals surface area contributed by atoms with E-state index >= 15 is 0 Å². The van der Waals surface area contributed by atoms with Crippen LogP contribution in [-0.2, 0) is 9.59 Å². The molecule has 4 heterocycles. The lowest BCUT2D eigenvalue weighted by atomic mass is 9.85. The van der Waals surface area contributed by atoms with Gasteiger partial charge in [-0.05, 0) is 49.1 Å². The third-order valence-corrected chi connectivity index (χ3v) is 7.36. The minimum Gasteiger partial charge on any atom is -0.341 e. The summed E-state index contributed by atoms with van der Waals surface area (Å²) in [5.74, 6) is -0.970. The van der Waals surface area contributed by atoms with Gasteiger partial charge in [0.15, 0.2) is 0 Å². The smallest absolute Gasteiger partial charge is 0.331 e. The number of amides is 5. The molecule has 2 saturated heterocycles. The molecular formula is C26H29N7O4. The average molecular weight is 504 g/mol. The zero-order valence-corrected chi connectivity index (χ0v) is 21.0. The van der Waals surface area contributed by atoms with Crippen LogP contribution in [0.15, 0.2) is 48.9 Å². The van der Waals surface area contributed by atoms with Gasteiger partial charge in [0.1, 0.15) is 11.6 Å². The molecule has 1 unspecified atom stereocenters. The molecule has 11 nitrogen and oxygen atoms in total. The van der Waals surface area contributed by atoms with E-state index < -0.39 is 17.6 Å². The second kappa shape index (κ2) is 9.30. The van der Waals surface area contributed by atoms with E-state index in [4.69, 9.17) is 0 Å². The predicted octanol–water partition coefficient (Wildman–Crippen LogP) is 2.17. The molecule has 2 aliphatic rings. The molecular weight excluding hydrogens is 474 g/mol. The first kappa shape index (κ1) is 24.4. The monoisotopic (exact) mass is 503 g/mol. The van der Waals surface area contributed by atoms with Gasteiger partial charge in [-0.25, -0.2) is 4.79 Å². The highest BCUT2D eigenvalue weighted by atomic mass is 16.2. The molecule has 1 aromatic carbocycles. The Morgan fingerprint density at radius 1 is 1.08 bits per heavy atom. The van der Waals surface area contributed by atoms with Crippen LogP contribution in [0.3, 0.4) is 0 Å². The number of carbonyl (C=O) groups excluding carboxylic acids is 4. The fraction of sp³-hybridized carbons (Fsp3) is 0.385. The van der Waals surface area contributed by atoms with E-state index in [0.717, 1.165) is 15.8 Å². The van der Waals surface area contributed by atoms with Crippen molar-refractivity contribution < 1.29 is 19.2 Å². The Morgan fingerprint density at radius 3 is 2.46 bits per heavy atom. The summed E-state index contributed by atoms with van der Waals surface area (Å²) >= 11 is 0. The summed E-state index contributed by atoms with van der Waals surface area (Å²) in [5, 5.41) is 10.6. The van der Waals surface area contributed by atoms with E-state index in [-0.39, 0.29) is 36.7 Å². The van der Waals surface area contributed by atoms with Crippen molar-refractivity contribution in [1.82, 2.24) is 30.3 Å². The molecule has 5 amide bonds. The molecule has 37 heavy (non-hydrogen) atoms. The molecule has 2 N–H and O–H groups in total. The topological polar surface area (TPSA) is 132 Å². The number of H-pyrrole nitrogens is 1. The number of nitrogens with zero attached hydrogens (tertiary/aromatic N) is 5. The number of pyridine rings is 1. The summed E-state index contributed by atoms with van der Waals surface area (Å²) < 4.78 is 0. The van der Waals surface area contributed by atoms with Crippen molar-refractivity contribution in [3.8, 4) is 0 Å². The summed E-state index contributed by atoms with van der Waals surface area (Å²) in [6.45, 7) is 4.32. The van der Waals surface area contributed by atoms with Crippen LogP contribution in [0.1, 0.15) is 37.0 Å². The molecule has 0 aliphatic carbocycles. The highest BCUT2D eigenvalue weighted by Crippen LogP contribution is 2.41. The van der Waals surface area contributed by atoms with Crippen LogP contribution in [0, 0.1) is 5.92 Å². The van der Waals surface area contributed by atoms with Crippen molar-refractivity contribution in [3.05, 3.63) is 54.5 Å². The number of benzene rings is 1. The minimum atomic E-state index is -1.08. The van der Waals surface area contributed by atoms with Crippen molar-refractivity contribution in [1.29, 1.82) is 0 Å². The number of anilines is 1. The van der Waals surface area contributed by atoms with Crippen LogP contribution in [-0.4, -0.2) is 80.5 Å². The number of nitrogens with one attached hydrogen (secondary N) is 2. The fourth-order valence-corrected chi connectivity index (χ4v) is 5.23. The Balaban J connectivity index is 1.36. The lowest BCUT2D eigenvalue weighted by Crippen LogP contribution is -2.60. The first-order valence-electron chi connectivity index (χ1n) is 12.3. The maximum absolute atomic E-state index is 13.5. The second-order valence-corrected chi connectivity index (χ2v) is 9.91. The van der Waals surface area contributed by atoms with Gasteiger partial charge < -0.3 is 10.2 Å². The van der Waals surface area contributed by atoms with Gasteiger partial charge in [0.25, 0.3) is 11.8 Å². The highest BCUT2D eigenvalue weighted by Gasteiger charge is 2.58. The number of likely N-dealkylation sites (tertiary alicyclic amines) is 1. The maximum Gasteiger partial charge on any atom is 0.331 e. The van der Waals surface area contributed by atoms with Crippen LogP contribution < -0.4 is 10.2 Å². The van der Waals surface area contributed by atoms with Gasteiger partial charge in [0, 0.05) is 49.2 Å². The number of likely N-dealkylation sites (N-methyl/N-ethyl adjacent to an activating group) is 1. The normalized spacial score (nSPS) is 18.2. The first-order valence-corrected chi connectivity index (χ1v) is 12.3. The number of imide groups is 1. The lowest BCUT2D eigenvalue weighted by molar-refractivity contribution is -0.139. The molecule has 3 aromatic rings. The van der Waals surface area contributed by atoms with Crippen LogP contribution in [0.2, 0.25) is 0 Å². The predicted molar refractivity (Wildman–Crippen MR) is 136 cm³/mol. The summed E-state index contributed by atoms with van der Waals surface area (Å²) in [6.07, 6.45) is 5.31. The Morgan fingerprint density at radius 2 is 1.78 bits per heavy atom. The lowest BCUT2D eigenvalue weighted by Gasteiger charge is -2.43. The molecule has 2 aromatic heterocycles. The van der Waals surface area contributed by atoms with E-state index in [1.54, 1.807) is 34.2 Å². The third kappa shape index (κ3) is 4.09. The largest absolute Gasteiger partial charge is 0.341 e. The van der Waals surface area contributed by atoms with Crippen LogP contribution in [0.25, 0.3) is 10.9 Å². The second-order valence-electron chi connectivity index (χ2n) is 9.91. The molecule has 0 bridgehead atoms. The number of rotatable bonds is 5. The summed E-state index contributed by atoms with van der Waals surface area (Å²) in [4.78, 5) is 61.1. The standard InChI is InChI=1S/C26H29N7O4/c1-16(2)21(29-22(34)17-6-10-27-11-7-17)23(35)32-12-8-26(9-13-32)24(36)31(3)25(37)33(26)19-4-5-20-18(14-19)15-28-30-20/h4-7,10-11,14-16,21H,8-9,12-13H2,1-3H3,(H,28,30)(H,29,34). The molecule has 2 fully saturated rings. The zero-order chi connectivity index (χ0) is 26.3. The van der Waals surface area contributed by atoms with Crippen LogP contribution in [0.5, 0.6) is 0 Å². The van der Waals surface area contributed by atoms with Gasteiger partial charge >= 0.3 is 6.03 Å². The number of hydrogen-bond acceptors (Lipinski definition) is 6. The Hall–Kier alpha value is -4.28. The number of aromatic nitrogens is 3. The van der Waals surface area contributed by atoms with Crippen molar-refractivity contribution in [3.63, 3.8) is 0 Å². The van der Waals surface area contributed by atoms with E-state index in [1.807, 2.05) is 26.0 Å². The van der Waals surface area contributed by atoms with Crippen molar-refractivity contribution >= 4 is 40.3 Å². The van der Waals surface area contributed by atoms with Gasteiger partial charge in [0.05, 0.1) is 11.7 Å². The van der Waals surface area contributed by atoms with Crippen molar-refractivity contribution in [2.75, 3.05) is 25.0 Å². The Bertz CT molecular complexity index is 1360. The van der Waals surface area contributed by atoms with Gasteiger partial charge in [-0.3, -0.25) is 34.3 Å². The van der Waals surface area contributed by atoms with E-state index in [0.29, 0.717) is 24.1 Å². The number of carbonyl (C=O) groups is 4. The molecule has 11 heteroatoms. The van der Waals surface area contributed by atoms with Gasteiger partial charge in [-0.15, -0.1) is 0 Å². The minimum absolute atomic E-state index is 0.145. The molecule has 0 radical (unpaired) electrons. The molecule has 1 atom stereocenters. The highest BCUT2D eigenvalue weighted by molar-refractivity contribution is 6.17.